The van der Waals surface area contributed by atoms with Crippen LogP contribution in [0.1, 0.15) is 16.6 Å². The minimum absolute atomic E-state index is 0.106. The van der Waals surface area contributed by atoms with Gasteiger partial charge >= 0.3 is 5.97 Å². The van der Waals surface area contributed by atoms with Crippen molar-refractivity contribution in [1.29, 1.82) is 0 Å². The van der Waals surface area contributed by atoms with Crippen molar-refractivity contribution in [2.45, 2.75) is 11.8 Å². The van der Waals surface area contributed by atoms with Gasteiger partial charge < -0.3 is 5.11 Å². The van der Waals surface area contributed by atoms with Crippen molar-refractivity contribution in [2.75, 3.05) is 18.8 Å². The lowest BCUT2D eigenvalue weighted by Gasteiger charge is -2.06. The van der Waals surface area contributed by atoms with E-state index in [9.17, 15) is 21.6 Å². The van der Waals surface area contributed by atoms with Crippen LogP contribution in [0, 0.1) is 0 Å². The van der Waals surface area contributed by atoms with E-state index in [1.165, 1.54) is 5.38 Å². The van der Waals surface area contributed by atoms with Crippen LogP contribution in [0.2, 0.25) is 0 Å². The quantitative estimate of drug-likeness (QED) is 0.593. The number of hydrogen-bond acceptors (Lipinski definition) is 6. The van der Waals surface area contributed by atoms with Gasteiger partial charge in [0.1, 0.15) is 4.88 Å². The monoisotopic (exact) mass is 342 g/mol. The van der Waals surface area contributed by atoms with Crippen molar-refractivity contribution < 1.29 is 26.7 Å². The van der Waals surface area contributed by atoms with Crippen LogP contribution in [0.25, 0.3) is 0 Å². The van der Waals surface area contributed by atoms with Crippen molar-refractivity contribution in [3.63, 3.8) is 0 Å². The molecule has 0 spiro atoms. The summed E-state index contributed by atoms with van der Waals surface area (Å²) < 4.78 is 50.6. The van der Waals surface area contributed by atoms with E-state index in [0.29, 0.717) is 0 Å². The lowest BCUT2D eigenvalue weighted by molar-refractivity contribution is 0.0702. The number of nitrogens with one attached hydrogen (secondary N) is 2. The maximum Gasteiger partial charge on any atom is 0.345 e. The third-order valence-electron chi connectivity index (χ3n) is 2.12. The van der Waals surface area contributed by atoms with Crippen LogP contribution < -0.4 is 9.44 Å². The molecule has 0 fully saturated rings. The Morgan fingerprint density at radius 1 is 1.30 bits per heavy atom. The van der Waals surface area contributed by atoms with Gasteiger partial charge in [0.05, 0.1) is 10.6 Å². The normalized spacial score (nSPS) is 12.4. The summed E-state index contributed by atoms with van der Waals surface area (Å²) >= 11 is 0.782. The summed E-state index contributed by atoms with van der Waals surface area (Å²) in [4.78, 5) is 10.4. The SMILES string of the molecule is CCNS(=O)(=O)CCNS(=O)(=O)c1csc(C(=O)O)c1. The van der Waals surface area contributed by atoms with Gasteiger partial charge in [0.15, 0.2) is 0 Å². The molecule has 0 bridgehead atoms. The zero-order valence-electron chi connectivity index (χ0n) is 10.5. The molecule has 0 radical (unpaired) electrons. The Morgan fingerprint density at radius 3 is 2.45 bits per heavy atom. The second-order valence-electron chi connectivity index (χ2n) is 3.67. The van der Waals surface area contributed by atoms with Gasteiger partial charge in [0.25, 0.3) is 0 Å². The molecule has 0 amide bonds. The van der Waals surface area contributed by atoms with E-state index in [1.807, 2.05) is 0 Å². The van der Waals surface area contributed by atoms with Crippen molar-refractivity contribution in [3.05, 3.63) is 16.3 Å². The molecule has 0 aromatic carbocycles. The second kappa shape index (κ2) is 6.63. The van der Waals surface area contributed by atoms with Crippen molar-refractivity contribution >= 4 is 37.4 Å². The smallest absolute Gasteiger partial charge is 0.345 e. The van der Waals surface area contributed by atoms with Crippen LogP contribution in [-0.2, 0) is 20.0 Å². The van der Waals surface area contributed by atoms with Gasteiger partial charge in [-0.3, -0.25) is 0 Å². The molecular formula is C9H14N2O6S3. The molecule has 0 aliphatic heterocycles. The topological polar surface area (TPSA) is 130 Å². The molecule has 0 aliphatic rings. The Kier molecular flexibility index (Phi) is 5.65. The first-order valence-electron chi connectivity index (χ1n) is 5.47. The van der Waals surface area contributed by atoms with Crippen LogP contribution in [0.4, 0.5) is 0 Å². The number of thiophene rings is 1. The average Bonchev–Trinajstić information content (AvgIpc) is 2.77. The summed E-state index contributed by atoms with van der Waals surface area (Å²) in [5.41, 5.74) is 0. The summed E-state index contributed by atoms with van der Waals surface area (Å²) in [6, 6.07) is 1.02. The summed E-state index contributed by atoms with van der Waals surface area (Å²) in [5.74, 6) is -1.61. The van der Waals surface area contributed by atoms with Gasteiger partial charge in [0, 0.05) is 18.5 Å². The fourth-order valence-corrected chi connectivity index (χ4v) is 4.48. The highest BCUT2D eigenvalue weighted by Gasteiger charge is 2.19. The van der Waals surface area contributed by atoms with E-state index in [2.05, 4.69) is 9.44 Å². The zero-order valence-corrected chi connectivity index (χ0v) is 12.9. The molecule has 20 heavy (non-hydrogen) atoms. The molecule has 0 saturated heterocycles. The molecule has 114 valence electrons. The molecular weight excluding hydrogens is 328 g/mol. The third kappa shape index (κ3) is 4.83. The predicted octanol–water partition coefficient (Wildman–Crippen LogP) is -0.336. The highest BCUT2D eigenvalue weighted by molar-refractivity contribution is 7.90. The fraction of sp³-hybridized carbons (Fsp3) is 0.444. The van der Waals surface area contributed by atoms with Gasteiger partial charge in [0.2, 0.25) is 20.0 Å². The van der Waals surface area contributed by atoms with E-state index in [4.69, 9.17) is 5.11 Å². The number of carboxylic acid groups (broad SMARTS) is 1. The van der Waals surface area contributed by atoms with E-state index in [1.54, 1.807) is 6.92 Å². The maximum atomic E-state index is 11.8. The number of carbonyl (C=O) groups is 1. The van der Waals surface area contributed by atoms with E-state index >= 15 is 0 Å². The first-order chi connectivity index (χ1) is 9.18. The second-order valence-corrected chi connectivity index (χ2v) is 8.27. The summed E-state index contributed by atoms with van der Waals surface area (Å²) in [6.07, 6.45) is 0. The Bertz CT molecular complexity index is 676. The Hall–Kier alpha value is -1.01. The molecule has 0 saturated carbocycles. The van der Waals surface area contributed by atoms with Gasteiger partial charge in [-0.05, 0) is 6.07 Å². The van der Waals surface area contributed by atoms with Gasteiger partial charge in [-0.25, -0.2) is 31.1 Å². The molecule has 8 nitrogen and oxygen atoms in total. The molecule has 1 aromatic rings. The number of hydrogen-bond donors (Lipinski definition) is 3. The molecule has 11 heteroatoms. The van der Waals surface area contributed by atoms with E-state index in [0.717, 1.165) is 17.4 Å². The van der Waals surface area contributed by atoms with E-state index in [-0.39, 0.29) is 22.9 Å². The van der Waals surface area contributed by atoms with Crippen LogP contribution in [-0.4, -0.2) is 46.8 Å². The minimum Gasteiger partial charge on any atom is -0.477 e. The van der Waals surface area contributed by atoms with Gasteiger partial charge in [-0.15, -0.1) is 11.3 Å². The average molecular weight is 342 g/mol. The molecule has 3 N–H and O–H groups in total. The largest absolute Gasteiger partial charge is 0.477 e. The Labute approximate surface area is 120 Å². The lowest BCUT2D eigenvalue weighted by atomic mass is 10.5. The number of rotatable bonds is 8. The highest BCUT2D eigenvalue weighted by atomic mass is 32.2. The van der Waals surface area contributed by atoms with Crippen LogP contribution in [0.3, 0.4) is 0 Å². The Morgan fingerprint density at radius 2 is 1.95 bits per heavy atom. The summed E-state index contributed by atoms with van der Waals surface area (Å²) in [7, 11) is -7.42. The molecule has 1 aromatic heterocycles. The number of aromatic carboxylic acids is 1. The van der Waals surface area contributed by atoms with Crippen molar-refractivity contribution in [2.24, 2.45) is 0 Å². The standard InChI is InChI=1S/C9H14N2O6S3/c1-2-10-19(14,15)4-3-11-20(16,17)7-5-8(9(12)13)18-6-7/h5-6,10-11H,2-4H2,1H3,(H,12,13). The lowest BCUT2D eigenvalue weighted by Crippen LogP contribution is -2.34. The Balaban J connectivity index is 2.68. The zero-order chi connectivity index (χ0) is 15.4. The summed E-state index contributed by atoms with van der Waals surface area (Å²) in [6.45, 7) is 1.54. The predicted molar refractivity (Wildman–Crippen MR) is 73.9 cm³/mol. The summed E-state index contributed by atoms with van der Waals surface area (Å²) in [5, 5.41) is 9.90. The molecule has 1 heterocycles. The maximum absolute atomic E-state index is 11.8. The van der Waals surface area contributed by atoms with Gasteiger partial charge in [-0.1, -0.05) is 6.92 Å². The van der Waals surface area contributed by atoms with E-state index < -0.39 is 31.8 Å². The first-order valence-corrected chi connectivity index (χ1v) is 9.48. The fourth-order valence-electron chi connectivity index (χ4n) is 1.26. The molecule has 0 atom stereocenters. The number of carboxylic acids is 1. The molecule has 0 unspecified atom stereocenters. The molecule has 0 aliphatic carbocycles. The van der Waals surface area contributed by atoms with Crippen molar-refractivity contribution in [1.82, 2.24) is 9.44 Å². The first kappa shape index (κ1) is 17.0. The minimum atomic E-state index is -3.91. The van der Waals surface area contributed by atoms with Crippen LogP contribution >= 0.6 is 11.3 Å². The highest BCUT2D eigenvalue weighted by Crippen LogP contribution is 2.18. The van der Waals surface area contributed by atoms with Crippen molar-refractivity contribution in [3.8, 4) is 0 Å². The molecule has 1 rings (SSSR count). The van der Waals surface area contributed by atoms with Crippen LogP contribution in [0.5, 0.6) is 0 Å². The number of sulfonamides is 2. The third-order valence-corrected chi connectivity index (χ3v) is 6.10. The van der Waals surface area contributed by atoms with Gasteiger partial charge in [-0.2, -0.15) is 0 Å². The van der Waals surface area contributed by atoms with Crippen LogP contribution in [0.15, 0.2) is 16.3 Å².